The van der Waals surface area contributed by atoms with Gasteiger partial charge in [-0.1, -0.05) is 0 Å². The minimum Gasteiger partial charge on any atom is -0.394 e. The predicted molar refractivity (Wildman–Crippen MR) is 76.7 cm³/mol. The summed E-state index contributed by atoms with van der Waals surface area (Å²) in [5.74, 6) is 0. The van der Waals surface area contributed by atoms with Crippen LogP contribution in [0.5, 0.6) is 0 Å². The van der Waals surface area contributed by atoms with E-state index in [4.69, 9.17) is 19.3 Å². The molecule has 0 aromatic rings. The maximum Gasteiger partial charge on any atom is 0.186 e. The molecule has 7 N–H and O–H groups in total. The summed E-state index contributed by atoms with van der Waals surface area (Å²) in [5.41, 5.74) is 0. The van der Waals surface area contributed by atoms with Gasteiger partial charge in [-0.15, -0.1) is 0 Å². The highest BCUT2D eigenvalue weighted by Crippen LogP contribution is 2.28. The van der Waals surface area contributed by atoms with Crippen LogP contribution in [-0.4, -0.2) is 111 Å². The molecule has 2 aliphatic rings. The molecule has 0 radical (unpaired) electrons. The molecule has 1 unspecified atom stereocenters. The Hall–Kier alpha value is -0.400. The summed E-state index contributed by atoms with van der Waals surface area (Å²) in [6, 6.07) is 0. The Kier molecular flexibility index (Phi) is 6.90. The largest absolute Gasteiger partial charge is 0.394 e. The van der Waals surface area contributed by atoms with Crippen LogP contribution in [0.25, 0.3) is 0 Å². The van der Waals surface area contributed by atoms with E-state index in [1.165, 1.54) is 7.11 Å². The SMILES string of the molecule is CO[C@H]1O[C@H](CCC2O[C@H](CO)[C@@H](O)[C@H](O)[C@H]2O)[C@@H](O)[C@H](O)[C@H]1O. The van der Waals surface area contributed by atoms with E-state index < -0.39 is 67.8 Å². The third-order valence-electron chi connectivity index (χ3n) is 4.63. The first kappa shape index (κ1) is 19.9. The van der Waals surface area contributed by atoms with Crippen LogP contribution in [0.3, 0.4) is 0 Å². The molecule has 2 rings (SSSR count). The van der Waals surface area contributed by atoms with E-state index in [9.17, 15) is 30.6 Å². The van der Waals surface area contributed by atoms with E-state index >= 15 is 0 Å². The van der Waals surface area contributed by atoms with Crippen LogP contribution in [0.4, 0.5) is 0 Å². The van der Waals surface area contributed by atoms with Gasteiger partial charge in [0.1, 0.15) is 42.7 Å². The molecule has 0 amide bonds. The van der Waals surface area contributed by atoms with Gasteiger partial charge in [0.05, 0.1) is 18.8 Å². The number of ether oxygens (including phenoxy) is 3. The molecular weight excluding hydrogens is 328 g/mol. The lowest BCUT2D eigenvalue weighted by Gasteiger charge is -2.42. The van der Waals surface area contributed by atoms with E-state index in [0.717, 1.165) is 0 Å². The van der Waals surface area contributed by atoms with Crippen molar-refractivity contribution < 1.29 is 50.0 Å². The molecule has 10 heteroatoms. The second kappa shape index (κ2) is 8.32. The molecule has 0 spiro atoms. The van der Waals surface area contributed by atoms with Gasteiger partial charge in [-0.3, -0.25) is 0 Å². The van der Waals surface area contributed by atoms with Crippen molar-refractivity contribution in [3.8, 4) is 0 Å². The van der Waals surface area contributed by atoms with Gasteiger partial charge in [-0.05, 0) is 12.8 Å². The standard InChI is InChI=1S/C14H26O10/c1-22-14-13(21)12(20)9(17)6(24-14)3-2-5-8(16)11(19)10(18)7(4-15)23-5/h5-21H,2-4H2,1H3/t5?,6-,7-,8+,9-,10-,11-,12+,13-,14+/m1/s1. The molecular formula is C14H26O10. The first-order valence-electron chi connectivity index (χ1n) is 7.84. The second-order valence-electron chi connectivity index (χ2n) is 6.20. The smallest absolute Gasteiger partial charge is 0.186 e. The summed E-state index contributed by atoms with van der Waals surface area (Å²) in [6.45, 7) is -0.527. The van der Waals surface area contributed by atoms with Gasteiger partial charge in [0.2, 0.25) is 0 Å². The van der Waals surface area contributed by atoms with Crippen LogP contribution in [-0.2, 0) is 14.2 Å². The Morgan fingerprint density at radius 3 is 1.62 bits per heavy atom. The zero-order valence-corrected chi connectivity index (χ0v) is 13.3. The fraction of sp³-hybridized carbons (Fsp3) is 1.00. The Morgan fingerprint density at radius 1 is 0.667 bits per heavy atom. The number of methoxy groups -OCH3 is 1. The van der Waals surface area contributed by atoms with Crippen molar-refractivity contribution in [1.29, 1.82) is 0 Å². The third kappa shape index (κ3) is 3.88. The van der Waals surface area contributed by atoms with Crippen molar-refractivity contribution in [3.63, 3.8) is 0 Å². The lowest BCUT2D eigenvalue weighted by Crippen LogP contribution is -2.60. The fourth-order valence-electron chi connectivity index (χ4n) is 3.10. The zero-order valence-electron chi connectivity index (χ0n) is 13.3. The fourth-order valence-corrected chi connectivity index (χ4v) is 3.10. The van der Waals surface area contributed by atoms with Crippen LogP contribution >= 0.6 is 0 Å². The predicted octanol–water partition coefficient (Wildman–Crippen LogP) is -3.94. The molecule has 2 saturated heterocycles. The van der Waals surface area contributed by atoms with Crippen LogP contribution in [0.1, 0.15) is 12.8 Å². The lowest BCUT2D eigenvalue weighted by atomic mass is 9.90. The Labute approximate surface area is 138 Å². The highest BCUT2D eigenvalue weighted by molar-refractivity contribution is 4.94. The molecule has 0 bridgehead atoms. The number of aliphatic hydroxyl groups excluding tert-OH is 7. The van der Waals surface area contributed by atoms with Gasteiger partial charge in [0.25, 0.3) is 0 Å². The van der Waals surface area contributed by atoms with Crippen molar-refractivity contribution in [2.45, 2.75) is 74.1 Å². The minimum atomic E-state index is -1.47. The highest BCUT2D eigenvalue weighted by Gasteiger charge is 2.46. The van der Waals surface area contributed by atoms with E-state index in [1.54, 1.807) is 0 Å². The number of hydrogen-bond acceptors (Lipinski definition) is 10. The van der Waals surface area contributed by atoms with Gasteiger partial charge in [-0.2, -0.15) is 0 Å². The molecule has 0 aromatic carbocycles. The van der Waals surface area contributed by atoms with E-state index in [1.807, 2.05) is 0 Å². The maximum atomic E-state index is 9.99. The Balaban J connectivity index is 1.96. The average Bonchev–Trinajstić information content (AvgIpc) is 2.58. The topological polar surface area (TPSA) is 169 Å². The molecule has 142 valence electrons. The summed E-state index contributed by atoms with van der Waals surface area (Å²) in [4.78, 5) is 0. The Morgan fingerprint density at radius 2 is 1.12 bits per heavy atom. The normalized spacial score (nSPS) is 50.0. The van der Waals surface area contributed by atoms with Crippen LogP contribution in [0.2, 0.25) is 0 Å². The Bertz CT molecular complexity index is 356. The molecule has 0 saturated carbocycles. The van der Waals surface area contributed by atoms with Gasteiger partial charge in [-0.25, -0.2) is 0 Å². The van der Waals surface area contributed by atoms with Gasteiger partial charge in [0.15, 0.2) is 6.29 Å². The van der Waals surface area contributed by atoms with Gasteiger partial charge < -0.3 is 50.0 Å². The molecule has 2 heterocycles. The molecule has 24 heavy (non-hydrogen) atoms. The van der Waals surface area contributed by atoms with Crippen molar-refractivity contribution in [2.24, 2.45) is 0 Å². The van der Waals surface area contributed by atoms with Crippen molar-refractivity contribution >= 4 is 0 Å². The average molecular weight is 354 g/mol. The first-order chi connectivity index (χ1) is 11.3. The first-order valence-corrected chi connectivity index (χ1v) is 7.84. The number of hydrogen-bond donors (Lipinski definition) is 7. The highest BCUT2D eigenvalue weighted by atomic mass is 16.7. The van der Waals surface area contributed by atoms with Crippen LogP contribution < -0.4 is 0 Å². The molecule has 2 aliphatic heterocycles. The molecule has 10 nitrogen and oxygen atoms in total. The monoisotopic (exact) mass is 354 g/mol. The van der Waals surface area contributed by atoms with Gasteiger partial charge >= 0.3 is 0 Å². The van der Waals surface area contributed by atoms with E-state index in [2.05, 4.69) is 0 Å². The third-order valence-corrected chi connectivity index (χ3v) is 4.63. The van der Waals surface area contributed by atoms with Crippen molar-refractivity contribution in [2.75, 3.05) is 13.7 Å². The quantitative estimate of drug-likeness (QED) is 0.259. The van der Waals surface area contributed by atoms with Crippen molar-refractivity contribution in [1.82, 2.24) is 0 Å². The molecule has 0 aliphatic carbocycles. The van der Waals surface area contributed by atoms with E-state index in [-0.39, 0.29) is 12.8 Å². The van der Waals surface area contributed by atoms with Crippen molar-refractivity contribution in [3.05, 3.63) is 0 Å². The summed E-state index contributed by atoms with van der Waals surface area (Å²) in [6.07, 6.45) is -12.2. The molecule has 2 fully saturated rings. The molecule has 10 atom stereocenters. The number of rotatable bonds is 5. The second-order valence-corrected chi connectivity index (χ2v) is 6.20. The van der Waals surface area contributed by atoms with E-state index in [0.29, 0.717) is 0 Å². The van der Waals surface area contributed by atoms with Crippen LogP contribution in [0, 0.1) is 0 Å². The summed E-state index contributed by atoms with van der Waals surface area (Å²) < 4.78 is 15.6. The number of aliphatic hydroxyl groups is 7. The minimum absolute atomic E-state index is 0.114. The van der Waals surface area contributed by atoms with Crippen LogP contribution in [0.15, 0.2) is 0 Å². The lowest BCUT2D eigenvalue weighted by molar-refractivity contribution is -0.293. The zero-order chi connectivity index (χ0) is 18.0. The molecule has 0 aromatic heterocycles. The summed E-state index contributed by atoms with van der Waals surface area (Å²) >= 11 is 0. The maximum absolute atomic E-state index is 9.99. The summed E-state index contributed by atoms with van der Waals surface area (Å²) in [7, 11) is 1.28. The van der Waals surface area contributed by atoms with Gasteiger partial charge in [0, 0.05) is 7.11 Å². The summed E-state index contributed by atoms with van der Waals surface area (Å²) in [5, 5.41) is 68.1.